The maximum absolute atomic E-state index is 11.5. The lowest BCUT2D eigenvalue weighted by Gasteiger charge is -2.38. The lowest BCUT2D eigenvalue weighted by molar-refractivity contribution is -0.161. The number of methoxy groups -OCH3 is 1. The van der Waals surface area contributed by atoms with E-state index in [-0.39, 0.29) is 19.1 Å². The van der Waals surface area contributed by atoms with Gasteiger partial charge >= 0.3 is 6.09 Å². The van der Waals surface area contributed by atoms with E-state index in [2.05, 4.69) is 10.6 Å². The summed E-state index contributed by atoms with van der Waals surface area (Å²) in [6.45, 7) is 0.386. The molecular weight excluding hydrogens is 236 g/mol. The minimum atomic E-state index is -1.28. The molecule has 0 radical (unpaired) electrons. The van der Waals surface area contributed by atoms with Crippen LogP contribution in [0, 0.1) is 0 Å². The van der Waals surface area contributed by atoms with Crippen LogP contribution >= 0.6 is 0 Å². The van der Waals surface area contributed by atoms with Gasteiger partial charge < -0.3 is 14.8 Å². The van der Waals surface area contributed by atoms with Crippen molar-refractivity contribution >= 4 is 12.0 Å². The van der Waals surface area contributed by atoms with Crippen molar-refractivity contribution in [3.63, 3.8) is 0 Å². The number of benzene rings is 1. The molecule has 1 aliphatic rings. The van der Waals surface area contributed by atoms with Crippen molar-refractivity contribution < 1.29 is 19.1 Å². The molecule has 1 saturated heterocycles. The summed E-state index contributed by atoms with van der Waals surface area (Å²) in [6.07, 6.45) is -0.685. The van der Waals surface area contributed by atoms with Gasteiger partial charge in [-0.15, -0.1) is 0 Å². The first-order valence-corrected chi connectivity index (χ1v) is 5.48. The summed E-state index contributed by atoms with van der Waals surface area (Å²) in [7, 11) is 1.36. The first-order valence-electron chi connectivity index (χ1n) is 5.48. The highest BCUT2D eigenvalue weighted by Gasteiger charge is 2.48. The third-order valence-corrected chi connectivity index (χ3v) is 2.73. The molecule has 2 rings (SSSR count). The van der Waals surface area contributed by atoms with Gasteiger partial charge in [0, 0.05) is 7.11 Å². The van der Waals surface area contributed by atoms with Crippen LogP contribution < -0.4 is 10.6 Å². The third-order valence-electron chi connectivity index (χ3n) is 2.73. The lowest BCUT2D eigenvalue weighted by atomic mass is 10.1. The van der Waals surface area contributed by atoms with Crippen LogP contribution in [0.25, 0.3) is 0 Å². The highest BCUT2D eigenvalue weighted by atomic mass is 16.6. The molecule has 1 heterocycles. The number of hydrogen-bond donors (Lipinski definition) is 2. The molecular formula is C12H14N2O4. The maximum Gasteiger partial charge on any atom is 0.410 e. The van der Waals surface area contributed by atoms with E-state index >= 15 is 0 Å². The van der Waals surface area contributed by atoms with Gasteiger partial charge in [-0.1, -0.05) is 30.3 Å². The van der Waals surface area contributed by atoms with Gasteiger partial charge in [-0.2, -0.15) is 0 Å². The van der Waals surface area contributed by atoms with Crippen molar-refractivity contribution in [2.45, 2.75) is 12.3 Å². The first-order chi connectivity index (χ1) is 8.66. The predicted octanol–water partition coefficient (Wildman–Crippen LogP) is 0.385. The van der Waals surface area contributed by atoms with Crippen LogP contribution in [-0.2, 0) is 20.9 Å². The zero-order valence-electron chi connectivity index (χ0n) is 9.93. The minimum absolute atomic E-state index is 0.147. The van der Waals surface area contributed by atoms with Crippen LogP contribution in [0.3, 0.4) is 0 Å². The highest BCUT2D eigenvalue weighted by Crippen LogP contribution is 2.13. The first kappa shape index (κ1) is 12.4. The van der Waals surface area contributed by atoms with E-state index in [9.17, 15) is 9.59 Å². The van der Waals surface area contributed by atoms with Gasteiger partial charge in [-0.3, -0.25) is 10.1 Å². The average molecular weight is 250 g/mol. The molecule has 6 heteroatoms. The molecule has 0 saturated carbocycles. The Morgan fingerprint density at radius 1 is 1.44 bits per heavy atom. The fraction of sp³-hybridized carbons (Fsp3) is 0.333. The number of rotatable bonds is 4. The topological polar surface area (TPSA) is 76.7 Å². The van der Waals surface area contributed by atoms with Gasteiger partial charge in [0.25, 0.3) is 5.91 Å². The summed E-state index contributed by atoms with van der Waals surface area (Å²) in [5, 5.41) is 4.90. The fourth-order valence-electron chi connectivity index (χ4n) is 1.56. The Hall–Kier alpha value is -2.08. The summed E-state index contributed by atoms with van der Waals surface area (Å²) in [5.74, 6) is -0.373. The normalized spacial score (nSPS) is 21.7. The summed E-state index contributed by atoms with van der Waals surface area (Å²) >= 11 is 0. The maximum atomic E-state index is 11.5. The number of carbonyl (C=O) groups is 2. The molecule has 1 aromatic rings. The van der Waals surface area contributed by atoms with Gasteiger partial charge in [0.1, 0.15) is 6.61 Å². The summed E-state index contributed by atoms with van der Waals surface area (Å²) < 4.78 is 9.98. The fourth-order valence-corrected chi connectivity index (χ4v) is 1.56. The third kappa shape index (κ3) is 2.43. The number of nitrogens with one attached hydrogen (secondary N) is 2. The molecule has 18 heavy (non-hydrogen) atoms. The van der Waals surface area contributed by atoms with E-state index in [1.54, 1.807) is 0 Å². The lowest BCUT2D eigenvalue weighted by Crippen LogP contribution is -2.74. The molecule has 1 unspecified atom stereocenters. The largest absolute Gasteiger partial charge is 0.445 e. The number of hydrogen-bond acceptors (Lipinski definition) is 4. The highest BCUT2D eigenvalue weighted by molar-refractivity contribution is 5.93. The van der Waals surface area contributed by atoms with Crippen LogP contribution in [0.4, 0.5) is 4.79 Å². The second-order valence-electron chi connectivity index (χ2n) is 3.90. The number of β-lactam (4-membered cyclic amide) rings is 1. The van der Waals surface area contributed by atoms with Crippen molar-refractivity contribution in [2.24, 2.45) is 0 Å². The Morgan fingerprint density at radius 3 is 2.67 bits per heavy atom. The molecule has 2 N–H and O–H groups in total. The van der Waals surface area contributed by atoms with Crippen LogP contribution in [-0.4, -0.2) is 31.4 Å². The van der Waals surface area contributed by atoms with E-state index in [1.165, 1.54) is 7.11 Å². The molecule has 96 valence electrons. The monoisotopic (exact) mass is 250 g/mol. The minimum Gasteiger partial charge on any atom is -0.445 e. The molecule has 1 aromatic carbocycles. The number of alkyl carbamates (subject to hydrolysis) is 1. The second kappa shape index (κ2) is 5.05. The Balaban J connectivity index is 1.84. The smallest absolute Gasteiger partial charge is 0.410 e. The summed E-state index contributed by atoms with van der Waals surface area (Å²) in [6, 6.07) is 9.27. The van der Waals surface area contributed by atoms with E-state index in [0.29, 0.717) is 0 Å². The van der Waals surface area contributed by atoms with Gasteiger partial charge in [-0.25, -0.2) is 4.79 Å². The zero-order chi connectivity index (χ0) is 13.0. The average Bonchev–Trinajstić information content (AvgIpc) is 2.42. The second-order valence-corrected chi connectivity index (χ2v) is 3.90. The zero-order valence-corrected chi connectivity index (χ0v) is 9.93. The Bertz CT molecular complexity index is 445. The number of amides is 2. The van der Waals surface area contributed by atoms with Crippen molar-refractivity contribution in [1.82, 2.24) is 10.6 Å². The van der Waals surface area contributed by atoms with Crippen LogP contribution in [0.2, 0.25) is 0 Å². The van der Waals surface area contributed by atoms with Gasteiger partial charge in [0.15, 0.2) is 0 Å². The molecule has 6 nitrogen and oxygen atoms in total. The molecule has 1 fully saturated rings. The van der Waals surface area contributed by atoms with Crippen LogP contribution in [0.1, 0.15) is 5.56 Å². The van der Waals surface area contributed by atoms with Crippen molar-refractivity contribution in [3.8, 4) is 0 Å². The van der Waals surface area contributed by atoms with Gasteiger partial charge in [0.05, 0.1) is 6.54 Å². The van der Waals surface area contributed by atoms with E-state index in [0.717, 1.165) is 5.56 Å². The van der Waals surface area contributed by atoms with Gasteiger partial charge in [-0.05, 0) is 5.56 Å². The van der Waals surface area contributed by atoms with Gasteiger partial charge in [0.2, 0.25) is 5.72 Å². The molecule has 0 aliphatic carbocycles. The Labute approximate surface area is 104 Å². The number of carbonyl (C=O) groups excluding carboxylic acids is 2. The summed E-state index contributed by atoms with van der Waals surface area (Å²) in [5.41, 5.74) is -0.412. The molecule has 1 aliphatic heterocycles. The molecule has 0 aromatic heterocycles. The van der Waals surface area contributed by atoms with Crippen molar-refractivity contribution in [3.05, 3.63) is 35.9 Å². The SMILES string of the molecule is COC1(NC(=O)OCc2ccccc2)CNC1=O. The van der Waals surface area contributed by atoms with Crippen molar-refractivity contribution in [1.29, 1.82) is 0 Å². The van der Waals surface area contributed by atoms with E-state index in [1.807, 2.05) is 30.3 Å². The molecule has 0 bridgehead atoms. The molecule has 2 amide bonds. The molecule has 1 atom stereocenters. The Morgan fingerprint density at radius 2 is 2.17 bits per heavy atom. The molecule has 0 spiro atoms. The van der Waals surface area contributed by atoms with Crippen molar-refractivity contribution in [2.75, 3.05) is 13.7 Å². The van der Waals surface area contributed by atoms with E-state index < -0.39 is 11.8 Å². The predicted molar refractivity (Wildman–Crippen MR) is 62.5 cm³/mol. The van der Waals surface area contributed by atoms with Crippen LogP contribution in [0.5, 0.6) is 0 Å². The van der Waals surface area contributed by atoms with E-state index in [4.69, 9.17) is 9.47 Å². The summed E-state index contributed by atoms with van der Waals surface area (Å²) in [4.78, 5) is 22.8. The Kier molecular flexibility index (Phi) is 3.47. The quantitative estimate of drug-likeness (QED) is 0.598. The standard InChI is InChI=1S/C12H14N2O4/c1-17-12(8-13-10(12)15)14-11(16)18-7-9-5-3-2-4-6-9/h2-6H,7-8H2,1H3,(H,13,15)(H,14,16). The number of ether oxygens (including phenoxy) is 2. The van der Waals surface area contributed by atoms with Crippen LogP contribution in [0.15, 0.2) is 30.3 Å².